The first-order chi connectivity index (χ1) is 11.6. The van der Waals surface area contributed by atoms with E-state index >= 15 is 0 Å². The maximum absolute atomic E-state index is 12.3. The third-order valence-electron chi connectivity index (χ3n) is 4.51. The molecular formula is C16H19N3O5S. The van der Waals surface area contributed by atoms with E-state index in [2.05, 4.69) is 5.32 Å². The van der Waals surface area contributed by atoms with Gasteiger partial charge in [-0.25, -0.2) is 4.79 Å². The highest BCUT2D eigenvalue weighted by Gasteiger charge is 2.64. The monoisotopic (exact) mass is 365 g/mol. The maximum atomic E-state index is 12.3. The molecule has 0 aliphatic carbocycles. The Morgan fingerprint density at radius 2 is 1.92 bits per heavy atom. The number of hydrogen-bond acceptors (Lipinski definition) is 6. The molecule has 2 aliphatic heterocycles. The zero-order chi connectivity index (χ0) is 18.5. The van der Waals surface area contributed by atoms with Crippen molar-refractivity contribution in [2.45, 2.75) is 42.1 Å². The van der Waals surface area contributed by atoms with E-state index in [0.29, 0.717) is 5.56 Å². The van der Waals surface area contributed by atoms with Crippen molar-refractivity contribution in [2.24, 2.45) is 5.73 Å². The lowest BCUT2D eigenvalue weighted by atomic mass is 9.95. The van der Waals surface area contributed by atoms with Crippen molar-refractivity contribution in [3.63, 3.8) is 0 Å². The summed E-state index contributed by atoms with van der Waals surface area (Å²) < 4.78 is -0.648. The Kier molecular flexibility index (Phi) is 4.16. The summed E-state index contributed by atoms with van der Waals surface area (Å²) in [5.41, 5.74) is 6.41. The van der Waals surface area contributed by atoms with E-state index in [1.807, 2.05) is 0 Å². The van der Waals surface area contributed by atoms with Crippen molar-refractivity contribution in [3.8, 4) is 5.75 Å². The Hall–Kier alpha value is -2.26. The van der Waals surface area contributed by atoms with Gasteiger partial charge in [-0.1, -0.05) is 12.1 Å². The van der Waals surface area contributed by atoms with Gasteiger partial charge >= 0.3 is 5.97 Å². The Morgan fingerprint density at radius 1 is 1.32 bits per heavy atom. The van der Waals surface area contributed by atoms with Crippen LogP contribution in [-0.2, 0) is 14.4 Å². The summed E-state index contributed by atoms with van der Waals surface area (Å²) in [7, 11) is 0. The van der Waals surface area contributed by atoms with E-state index in [4.69, 9.17) is 5.73 Å². The van der Waals surface area contributed by atoms with Crippen molar-refractivity contribution >= 4 is 29.5 Å². The molecule has 1 aromatic rings. The number of aromatic hydroxyl groups is 1. The molecule has 0 aromatic heterocycles. The van der Waals surface area contributed by atoms with E-state index in [-0.39, 0.29) is 5.75 Å². The molecule has 2 fully saturated rings. The normalized spacial score (nSPS) is 28.0. The molecule has 3 rings (SSSR count). The minimum absolute atomic E-state index is 0.0606. The summed E-state index contributed by atoms with van der Waals surface area (Å²) in [5.74, 6) is -1.94. The number of hydrogen-bond donors (Lipinski definition) is 4. The van der Waals surface area contributed by atoms with Crippen LogP contribution in [0.4, 0.5) is 0 Å². The number of phenols is 1. The van der Waals surface area contributed by atoms with Gasteiger partial charge in [-0.3, -0.25) is 9.59 Å². The number of phenolic OH excluding ortho intramolecular Hbond substituents is 1. The second-order valence-corrected chi connectivity index (χ2v) is 8.42. The van der Waals surface area contributed by atoms with Crippen LogP contribution < -0.4 is 11.1 Å². The molecule has 0 bridgehead atoms. The maximum Gasteiger partial charge on any atom is 0.327 e. The molecule has 1 aromatic carbocycles. The number of carbonyl (C=O) groups excluding carboxylic acids is 2. The summed E-state index contributed by atoms with van der Waals surface area (Å²) in [5, 5.41) is 20.9. The molecule has 25 heavy (non-hydrogen) atoms. The van der Waals surface area contributed by atoms with Crippen LogP contribution in [0.25, 0.3) is 0 Å². The molecule has 0 saturated carbocycles. The van der Waals surface area contributed by atoms with E-state index in [1.165, 1.54) is 40.9 Å². The van der Waals surface area contributed by atoms with Crippen molar-refractivity contribution in [1.29, 1.82) is 0 Å². The molecule has 5 N–H and O–H groups in total. The molecule has 8 nitrogen and oxygen atoms in total. The van der Waals surface area contributed by atoms with E-state index in [9.17, 15) is 24.6 Å². The molecule has 3 unspecified atom stereocenters. The number of nitrogens with one attached hydrogen (secondary N) is 1. The quantitative estimate of drug-likeness (QED) is 0.553. The van der Waals surface area contributed by atoms with Gasteiger partial charge in [0.2, 0.25) is 11.8 Å². The average Bonchev–Trinajstić information content (AvgIpc) is 2.80. The fourth-order valence-corrected chi connectivity index (χ4v) is 4.85. The van der Waals surface area contributed by atoms with Crippen LogP contribution in [0.3, 0.4) is 0 Å². The van der Waals surface area contributed by atoms with Gasteiger partial charge in [0.15, 0.2) is 0 Å². The highest BCUT2D eigenvalue weighted by Crippen LogP contribution is 2.50. The van der Waals surface area contributed by atoms with E-state index < -0.39 is 46.0 Å². The average molecular weight is 365 g/mol. The number of nitrogens with two attached hydrogens (primary N) is 1. The van der Waals surface area contributed by atoms with Gasteiger partial charge in [0, 0.05) is 4.75 Å². The number of amides is 2. The second kappa shape index (κ2) is 5.92. The number of nitrogens with zero attached hydrogens (tertiary/aromatic N) is 1. The predicted molar refractivity (Wildman–Crippen MR) is 90.7 cm³/mol. The summed E-state index contributed by atoms with van der Waals surface area (Å²) in [6, 6.07) is 3.21. The fraction of sp³-hybridized carbons (Fsp3) is 0.438. The van der Waals surface area contributed by atoms with E-state index in [0.717, 1.165) is 0 Å². The molecule has 9 heteroatoms. The summed E-state index contributed by atoms with van der Waals surface area (Å²) >= 11 is 1.35. The largest absolute Gasteiger partial charge is 0.508 e. The van der Waals surface area contributed by atoms with Gasteiger partial charge in [-0.2, -0.15) is 0 Å². The Morgan fingerprint density at radius 3 is 2.48 bits per heavy atom. The molecule has 0 spiro atoms. The van der Waals surface area contributed by atoms with Gasteiger partial charge in [0.05, 0.1) is 0 Å². The number of β-lactam (4-membered cyclic amide) rings is 1. The van der Waals surface area contributed by atoms with Crippen LogP contribution in [0.1, 0.15) is 25.5 Å². The van der Waals surface area contributed by atoms with Crippen LogP contribution in [0, 0.1) is 0 Å². The minimum atomic E-state index is -1.06. The third kappa shape index (κ3) is 2.83. The number of carbonyl (C=O) groups is 3. The van der Waals surface area contributed by atoms with Gasteiger partial charge in [0.1, 0.15) is 29.2 Å². The number of thioether (sulfide) groups is 1. The third-order valence-corrected chi connectivity index (χ3v) is 6.08. The van der Waals surface area contributed by atoms with Crippen LogP contribution in [0.2, 0.25) is 0 Å². The topological polar surface area (TPSA) is 133 Å². The summed E-state index contributed by atoms with van der Waals surface area (Å²) in [6.45, 7) is 3.53. The molecule has 2 saturated heterocycles. The van der Waals surface area contributed by atoms with E-state index in [1.54, 1.807) is 13.8 Å². The summed E-state index contributed by atoms with van der Waals surface area (Å²) in [4.78, 5) is 37.5. The lowest BCUT2D eigenvalue weighted by molar-refractivity contribution is -0.161. The Labute approximate surface area is 148 Å². The molecule has 0 radical (unpaired) electrons. The lowest BCUT2D eigenvalue weighted by Gasteiger charge is -2.43. The first-order valence-corrected chi connectivity index (χ1v) is 8.59. The van der Waals surface area contributed by atoms with Gasteiger partial charge in [0.25, 0.3) is 0 Å². The summed E-state index contributed by atoms with van der Waals surface area (Å²) in [6.07, 6.45) is 0. The number of carboxylic acids is 1. The number of carboxylic acid groups (broad SMARTS) is 1. The van der Waals surface area contributed by atoms with Crippen molar-refractivity contribution in [2.75, 3.05) is 0 Å². The minimum Gasteiger partial charge on any atom is -0.508 e. The van der Waals surface area contributed by atoms with Crippen molar-refractivity contribution in [1.82, 2.24) is 10.2 Å². The first kappa shape index (κ1) is 17.6. The van der Waals surface area contributed by atoms with Gasteiger partial charge < -0.3 is 26.2 Å². The number of fused-ring (bicyclic) bond motifs is 1. The van der Waals surface area contributed by atoms with Crippen molar-refractivity contribution in [3.05, 3.63) is 29.8 Å². The smallest absolute Gasteiger partial charge is 0.327 e. The SMILES string of the molecule is CC1(C)S[C@H]2C(NC(=O)C(N)c3ccc(O)cc3)C(=O)N2C1C(=O)O. The molecule has 2 amide bonds. The standard InChI is InChI=1S/C16H19N3O5S/c1-16(2)11(15(23)24)19-13(22)10(14(19)25-16)18-12(21)9(17)7-3-5-8(20)6-4-7/h3-6,9-11,14,20H,17H2,1-2H3,(H,18,21)(H,23,24)/t9?,10?,11?,14-/m0/s1. The predicted octanol–water partition coefficient (Wildman–Crippen LogP) is 0.0237. The zero-order valence-electron chi connectivity index (χ0n) is 13.7. The molecule has 134 valence electrons. The van der Waals surface area contributed by atoms with Crippen LogP contribution in [0.15, 0.2) is 24.3 Å². The molecule has 2 aliphatic rings. The highest BCUT2D eigenvalue weighted by atomic mass is 32.2. The first-order valence-electron chi connectivity index (χ1n) is 7.71. The fourth-order valence-electron chi connectivity index (χ4n) is 3.22. The number of aliphatic carboxylic acids is 1. The van der Waals surface area contributed by atoms with Crippen LogP contribution in [-0.4, -0.2) is 55.1 Å². The van der Waals surface area contributed by atoms with Crippen molar-refractivity contribution < 1.29 is 24.6 Å². The van der Waals surface area contributed by atoms with Gasteiger partial charge in [-0.15, -0.1) is 11.8 Å². The Balaban J connectivity index is 1.70. The molecular weight excluding hydrogens is 346 g/mol. The second-order valence-electron chi connectivity index (χ2n) is 6.65. The van der Waals surface area contributed by atoms with Crippen LogP contribution in [0.5, 0.6) is 5.75 Å². The zero-order valence-corrected chi connectivity index (χ0v) is 14.5. The lowest BCUT2D eigenvalue weighted by Crippen LogP contribution is -2.71. The molecule has 4 atom stereocenters. The van der Waals surface area contributed by atoms with Gasteiger partial charge in [-0.05, 0) is 31.5 Å². The number of benzene rings is 1. The van der Waals surface area contributed by atoms with Crippen LogP contribution >= 0.6 is 11.8 Å². The Bertz CT molecular complexity index is 736. The highest BCUT2D eigenvalue weighted by molar-refractivity contribution is 8.01. The molecule has 2 heterocycles. The number of rotatable bonds is 4.